The molecule has 1 heterocycles. The lowest BCUT2D eigenvalue weighted by Gasteiger charge is -2.29. The van der Waals surface area contributed by atoms with Crippen LogP contribution in [0.25, 0.3) is 0 Å². The second-order valence-corrected chi connectivity index (χ2v) is 7.82. The molecule has 0 saturated heterocycles. The summed E-state index contributed by atoms with van der Waals surface area (Å²) >= 11 is 0. The Morgan fingerprint density at radius 3 is 2.20 bits per heavy atom. The molecular formula is C24H23NO5. The summed E-state index contributed by atoms with van der Waals surface area (Å²) in [6.45, 7) is 0.543. The van der Waals surface area contributed by atoms with Gasteiger partial charge in [-0.3, -0.25) is 24.1 Å². The van der Waals surface area contributed by atoms with Gasteiger partial charge in [0.1, 0.15) is 11.9 Å². The standard InChI is InChI=1S/C24H23NO5/c26-15-30-22-12-6-5-11-20(22)21(27)13-16-7-1-2-8-17(16)14-25-23(28)18-9-3-4-10-19(18)24(25)29/h1-4,7-10,15,20,22H,5-6,11-14H2/t20-,22-/m0/s1. The van der Waals surface area contributed by atoms with E-state index in [0.29, 0.717) is 30.4 Å². The molecule has 2 aromatic carbocycles. The van der Waals surface area contributed by atoms with E-state index >= 15 is 0 Å². The number of amides is 2. The summed E-state index contributed by atoms with van der Waals surface area (Å²) in [5.41, 5.74) is 2.37. The second kappa shape index (κ2) is 8.61. The number of Topliss-reactive ketones (excluding diaryl/α,β-unsaturated/α-hetero) is 1. The van der Waals surface area contributed by atoms with E-state index in [2.05, 4.69) is 0 Å². The number of rotatable bonds is 7. The molecule has 0 N–H and O–H groups in total. The molecule has 6 nitrogen and oxygen atoms in total. The number of hydrogen-bond acceptors (Lipinski definition) is 5. The molecule has 2 aliphatic rings. The molecule has 6 heteroatoms. The van der Waals surface area contributed by atoms with E-state index in [-0.39, 0.29) is 42.6 Å². The first-order valence-corrected chi connectivity index (χ1v) is 10.2. The third-order valence-electron chi connectivity index (χ3n) is 6.04. The van der Waals surface area contributed by atoms with Gasteiger partial charge in [0.15, 0.2) is 0 Å². The Morgan fingerprint density at radius 2 is 1.53 bits per heavy atom. The zero-order valence-corrected chi connectivity index (χ0v) is 16.6. The predicted octanol–water partition coefficient (Wildman–Crippen LogP) is 3.33. The monoisotopic (exact) mass is 405 g/mol. The molecule has 0 bridgehead atoms. The summed E-state index contributed by atoms with van der Waals surface area (Å²) in [5, 5.41) is 0. The van der Waals surface area contributed by atoms with Gasteiger partial charge in [0, 0.05) is 6.42 Å². The van der Waals surface area contributed by atoms with Crippen molar-refractivity contribution in [2.45, 2.75) is 44.8 Å². The van der Waals surface area contributed by atoms with Crippen LogP contribution in [0, 0.1) is 5.92 Å². The lowest BCUT2D eigenvalue weighted by Crippen LogP contribution is -2.34. The Balaban J connectivity index is 1.52. The lowest BCUT2D eigenvalue weighted by molar-refractivity contribution is -0.142. The third kappa shape index (κ3) is 3.77. The molecule has 30 heavy (non-hydrogen) atoms. The summed E-state index contributed by atoms with van der Waals surface area (Å²) in [5.74, 6) is -0.917. The first-order chi connectivity index (χ1) is 14.6. The summed E-state index contributed by atoms with van der Waals surface area (Å²) < 4.78 is 5.16. The number of ketones is 1. The molecule has 1 saturated carbocycles. The van der Waals surface area contributed by atoms with E-state index in [0.717, 1.165) is 24.0 Å². The van der Waals surface area contributed by atoms with Gasteiger partial charge in [0.05, 0.1) is 23.6 Å². The second-order valence-electron chi connectivity index (χ2n) is 7.82. The Hall–Kier alpha value is -3.28. The van der Waals surface area contributed by atoms with Gasteiger partial charge < -0.3 is 4.74 Å². The fourth-order valence-corrected chi connectivity index (χ4v) is 4.46. The number of hydrogen-bond donors (Lipinski definition) is 0. The summed E-state index contributed by atoms with van der Waals surface area (Å²) in [6, 6.07) is 14.2. The molecule has 0 unspecified atom stereocenters. The van der Waals surface area contributed by atoms with Crippen LogP contribution in [0.15, 0.2) is 48.5 Å². The predicted molar refractivity (Wildman–Crippen MR) is 109 cm³/mol. The molecular weight excluding hydrogens is 382 g/mol. The number of fused-ring (bicyclic) bond motifs is 1. The van der Waals surface area contributed by atoms with Gasteiger partial charge in [-0.1, -0.05) is 42.8 Å². The number of ether oxygens (including phenoxy) is 1. The van der Waals surface area contributed by atoms with Crippen LogP contribution in [-0.4, -0.2) is 35.1 Å². The normalized spacial score (nSPS) is 20.7. The number of nitrogens with zero attached hydrogens (tertiary/aromatic N) is 1. The minimum absolute atomic E-state index is 0.0244. The molecule has 4 rings (SSSR count). The van der Waals surface area contributed by atoms with Crippen molar-refractivity contribution in [2.24, 2.45) is 5.92 Å². The Morgan fingerprint density at radius 1 is 0.933 bits per heavy atom. The highest BCUT2D eigenvalue weighted by Crippen LogP contribution is 2.30. The van der Waals surface area contributed by atoms with Gasteiger partial charge in [0.2, 0.25) is 0 Å². The summed E-state index contributed by atoms with van der Waals surface area (Å²) in [6.07, 6.45) is 3.10. The van der Waals surface area contributed by atoms with E-state index in [1.165, 1.54) is 4.90 Å². The zero-order chi connectivity index (χ0) is 21.1. The minimum atomic E-state index is -0.368. The van der Waals surface area contributed by atoms with Crippen molar-refractivity contribution in [3.8, 4) is 0 Å². The largest absolute Gasteiger partial charge is 0.464 e. The van der Waals surface area contributed by atoms with Crippen molar-refractivity contribution in [1.29, 1.82) is 0 Å². The molecule has 154 valence electrons. The molecule has 2 aromatic rings. The summed E-state index contributed by atoms with van der Waals surface area (Å²) in [7, 11) is 0. The zero-order valence-electron chi connectivity index (χ0n) is 16.6. The molecule has 0 spiro atoms. The van der Waals surface area contributed by atoms with Crippen molar-refractivity contribution in [2.75, 3.05) is 0 Å². The highest BCUT2D eigenvalue weighted by Gasteiger charge is 2.36. The van der Waals surface area contributed by atoms with Crippen molar-refractivity contribution in [3.63, 3.8) is 0 Å². The smallest absolute Gasteiger partial charge is 0.293 e. The highest BCUT2D eigenvalue weighted by atomic mass is 16.5. The highest BCUT2D eigenvalue weighted by molar-refractivity contribution is 6.21. The van der Waals surface area contributed by atoms with Crippen molar-refractivity contribution in [3.05, 3.63) is 70.8 Å². The first-order valence-electron chi connectivity index (χ1n) is 10.2. The number of imide groups is 1. The maximum Gasteiger partial charge on any atom is 0.293 e. The fourth-order valence-electron chi connectivity index (χ4n) is 4.46. The summed E-state index contributed by atoms with van der Waals surface area (Å²) in [4.78, 5) is 50.4. The topological polar surface area (TPSA) is 80.8 Å². The van der Waals surface area contributed by atoms with Crippen LogP contribution in [0.4, 0.5) is 0 Å². The van der Waals surface area contributed by atoms with E-state index < -0.39 is 0 Å². The minimum Gasteiger partial charge on any atom is -0.464 e. The van der Waals surface area contributed by atoms with Gasteiger partial charge in [-0.15, -0.1) is 0 Å². The van der Waals surface area contributed by atoms with Crippen LogP contribution in [0.1, 0.15) is 57.5 Å². The number of carbonyl (C=O) groups excluding carboxylic acids is 4. The average molecular weight is 405 g/mol. The van der Waals surface area contributed by atoms with Gasteiger partial charge in [-0.25, -0.2) is 0 Å². The van der Waals surface area contributed by atoms with Crippen molar-refractivity contribution < 1.29 is 23.9 Å². The van der Waals surface area contributed by atoms with E-state index in [1.54, 1.807) is 24.3 Å². The Bertz CT molecular complexity index is 964. The SMILES string of the molecule is O=CO[C@H]1CCCC[C@H]1C(=O)Cc1ccccc1CN1C(=O)c2ccccc2C1=O. The lowest BCUT2D eigenvalue weighted by atomic mass is 9.81. The molecule has 0 radical (unpaired) electrons. The van der Waals surface area contributed by atoms with Gasteiger partial charge in [-0.05, 0) is 42.5 Å². The van der Waals surface area contributed by atoms with Gasteiger partial charge in [-0.2, -0.15) is 0 Å². The Kier molecular flexibility index (Phi) is 5.74. The van der Waals surface area contributed by atoms with Gasteiger partial charge >= 0.3 is 0 Å². The fraction of sp³-hybridized carbons (Fsp3) is 0.333. The molecule has 1 fully saturated rings. The number of carbonyl (C=O) groups is 4. The average Bonchev–Trinajstić information content (AvgIpc) is 3.01. The van der Waals surface area contributed by atoms with Crippen LogP contribution in [0.2, 0.25) is 0 Å². The van der Waals surface area contributed by atoms with E-state index in [1.807, 2.05) is 24.3 Å². The van der Waals surface area contributed by atoms with Crippen LogP contribution in [0.3, 0.4) is 0 Å². The molecule has 2 atom stereocenters. The van der Waals surface area contributed by atoms with Gasteiger partial charge in [0.25, 0.3) is 18.3 Å². The van der Waals surface area contributed by atoms with Crippen LogP contribution >= 0.6 is 0 Å². The van der Waals surface area contributed by atoms with Crippen molar-refractivity contribution >= 4 is 24.1 Å². The quantitative estimate of drug-likeness (QED) is 0.521. The molecule has 0 aromatic heterocycles. The van der Waals surface area contributed by atoms with Crippen LogP contribution in [0.5, 0.6) is 0 Å². The van der Waals surface area contributed by atoms with Crippen molar-refractivity contribution in [1.82, 2.24) is 4.90 Å². The molecule has 1 aliphatic heterocycles. The maximum atomic E-state index is 13.0. The maximum absolute atomic E-state index is 13.0. The van der Waals surface area contributed by atoms with Crippen LogP contribution < -0.4 is 0 Å². The molecule has 2 amide bonds. The third-order valence-corrected chi connectivity index (χ3v) is 6.04. The van der Waals surface area contributed by atoms with Crippen LogP contribution in [-0.2, 0) is 27.3 Å². The Labute approximate surface area is 174 Å². The first kappa shape index (κ1) is 20.0. The van der Waals surface area contributed by atoms with E-state index in [4.69, 9.17) is 4.74 Å². The molecule has 1 aliphatic carbocycles. The van der Waals surface area contributed by atoms with E-state index in [9.17, 15) is 19.2 Å². The number of benzene rings is 2.